The Hall–Kier alpha value is -0.810. The number of rotatable bonds is 10. The summed E-state index contributed by atoms with van der Waals surface area (Å²) in [5.74, 6) is 0.994. The number of nitrogens with zero attached hydrogens (tertiary/aromatic N) is 2. The van der Waals surface area contributed by atoms with Gasteiger partial charge in [-0.2, -0.15) is 0 Å². The van der Waals surface area contributed by atoms with Crippen LogP contribution in [0.25, 0.3) is 0 Å². The van der Waals surface area contributed by atoms with E-state index in [2.05, 4.69) is 36.3 Å². The maximum atomic E-state index is 5.63. The molecular formula is C20H40N4O. The highest BCUT2D eigenvalue weighted by molar-refractivity contribution is 5.79. The molecule has 1 aliphatic carbocycles. The molecule has 2 fully saturated rings. The quantitative estimate of drug-likeness (QED) is 0.360. The Morgan fingerprint density at radius 1 is 1.16 bits per heavy atom. The van der Waals surface area contributed by atoms with Crippen LogP contribution in [0.3, 0.4) is 0 Å². The van der Waals surface area contributed by atoms with E-state index in [0.717, 1.165) is 51.8 Å². The molecule has 1 saturated heterocycles. The van der Waals surface area contributed by atoms with Crippen molar-refractivity contribution in [3.05, 3.63) is 0 Å². The average molecular weight is 353 g/mol. The molecule has 2 N–H and O–H groups in total. The van der Waals surface area contributed by atoms with Crippen molar-refractivity contribution in [3.8, 4) is 0 Å². The second-order valence-electron chi connectivity index (χ2n) is 7.65. The van der Waals surface area contributed by atoms with Crippen molar-refractivity contribution in [3.63, 3.8) is 0 Å². The molecule has 0 aromatic heterocycles. The Morgan fingerprint density at radius 2 is 1.96 bits per heavy atom. The Kier molecular flexibility index (Phi) is 9.04. The molecule has 2 aliphatic rings. The molecule has 0 spiro atoms. The molecule has 0 amide bonds. The first kappa shape index (κ1) is 20.5. The minimum absolute atomic E-state index is 0.361. The summed E-state index contributed by atoms with van der Waals surface area (Å²) >= 11 is 0. The van der Waals surface area contributed by atoms with Crippen molar-refractivity contribution in [2.45, 2.75) is 71.8 Å². The molecule has 2 rings (SSSR count). The molecule has 1 aliphatic heterocycles. The van der Waals surface area contributed by atoms with Crippen LogP contribution < -0.4 is 10.6 Å². The van der Waals surface area contributed by atoms with Gasteiger partial charge in [-0.15, -0.1) is 0 Å². The van der Waals surface area contributed by atoms with Gasteiger partial charge < -0.3 is 15.4 Å². The van der Waals surface area contributed by atoms with Gasteiger partial charge in [0.05, 0.1) is 0 Å². The van der Waals surface area contributed by atoms with Crippen molar-refractivity contribution < 1.29 is 4.74 Å². The van der Waals surface area contributed by atoms with Gasteiger partial charge >= 0.3 is 0 Å². The lowest BCUT2D eigenvalue weighted by Gasteiger charge is -2.28. The monoisotopic (exact) mass is 352 g/mol. The average Bonchev–Trinajstić information content (AvgIpc) is 3.27. The van der Waals surface area contributed by atoms with E-state index >= 15 is 0 Å². The van der Waals surface area contributed by atoms with Crippen molar-refractivity contribution in [1.29, 1.82) is 0 Å². The van der Waals surface area contributed by atoms with Crippen molar-refractivity contribution in [2.24, 2.45) is 10.4 Å². The van der Waals surface area contributed by atoms with Gasteiger partial charge in [0, 0.05) is 38.9 Å². The number of hydrogen-bond acceptors (Lipinski definition) is 3. The first-order valence-corrected chi connectivity index (χ1v) is 10.6. The summed E-state index contributed by atoms with van der Waals surface area (Å²) in [5.41, 5.74) is 0.361. The number of likely N-dealkylation sites (tertiary alicyclic amines) is 1. The third kappa shape index (κ3) is 6.45. The van der Waals surface area contributed by atoms with Gasteiger partial charge in [-0.3, -0.25) is 9.89 Å². The maximum absolute atomic E-state index is 5.63. The zero-order valence-corrected chi connectivity index (χ0v) is 16.8. The second kappa shape index (κ2) is 11.0. The first-order chi connectivity index (χ1) is 12.2. The fraction of sp³-hybridized carbons (Fsp3) is 0.950. The summed E-state index contributed by atoms with van der Waals surface area (Å²) in [4.78, 5) is 7.56. The lowest BCUT2D eigenvalue weighted by Crippen LogP contribution is -2.45. The fourth-order valence-corrected chi connectivity index (χ4v) is 4.39. The van der Waals surface area contributed by atoms with E-state index in [1.807, 2.05) is 0 Å². The molecule has 5 nitrogen and oxygen atoms in total. The summed E-state index contributed by atoms with van der Waals surface area (Å²) in [5, 5.41) is 7.04. The lowest BCUT2D eigenvalue weighted by atomic mass is 9.83. The van der Waals surface area contributed by atoms with Crippen LogP contribution in [0.2, 0.25) is 0 Å². The first-order valence-electron chi connectivity index (χ1n) is 10.6. The summed E-state index contributed by atoms with van der Waals surface area (Å²) in [6.45, 7) is 13.4. The van der Waals surface area contributed by atoms with Crippen LogP contribution in [0.5, 0.6) is 0 Å². The zero-order valence-electron chi connectivity index (χ0n) is 16.8. The number of hydrogen-bond donors (Lipinski definition) is 2. The van der Waals surface area contributed by atoms with Gasteiger partial charge in [0.1, 0.15) is 0 Å². The van der Waals surface area contributed by atoms with Gasteiger partial charge in [-0.25, -0.2) is 0 Å². The maximum Gasteiger partial charge on any atom is 0.191 e. The van der Waals surface area contributed by atoms with E-state index in [9.17, 15) is 0 Å². The molecule has 1 saturated carbocycles. The van der Waals surface area contributed by atoms with E-state index in [1.54, 1.807) is 0 Å². The SMILES string of the molecule is CCNC(=NCC1(CCOCC)CCCC1)NCC1CCCN1CC. The summed E-state index contributed by atoms with van der Waals surface area (Å²) in [6.07, 6.45) is 9.08. The largest absolute Gasteiger partial charge is 0.382 e. The molecule has 1 unspecified atom stereocenters. The summed E-state index contributed by atoms with van der Waals surface area (Å²) in [7, 11) is 0. The molecule has 1 heterocycles. The minimum atomic E-state index is 0.361. The Balaban J connectivity index is 1.88. The van der Waals surface area contributed by atoms with Crippen molar-refractivity contribution in [1.82, 2.24) is 15.5 Å². The normalized spacial score (nSPS) is 24.0. The molecular weight excluding hydrogens is 312 g/mol. The predicted octanol–water partition coefficient (Wildman–Crippen LogP) is 3.01. The highest BCUT2D eigenvalue weighted by Crippen LogP contribution is 2.41. The van der Waals surface area contributed by atoms with E-state index in [0.29, 0.717) is 11.5 Å². The predicted molar refractivity (Wildman–Crippen MR) is 106 cm³/mol. The summed E-state index contributed by atoms with van der Waals surface area (Å²) < 4.78 is 5.63. The van der Waals surface area contributed by atoms with Gasteiger partial charge in [-0.05, 0) is 64.5 Å². The van der Waals surface area contributed by atoms with E-state index < -0.39 is 0 Å². The van der Waals surface area contributed by atoms with Crippen molar-refractivity contribution in [2.75, 3.05) is 45.9 Å². The lowest BCUT2D eigenvalue weighted by molar-refractivity contribution is 0.107. The van der Waals surface area contributed by atoms with E-state index in [-0.39, 0.29) is 0 Å². The number of aliphatic imine (C=N–C) groups is 1. The molecule has 0 aromatic carbocycles. The third-order valence-corrected chi connectivity index (χ3v) is 5.97. The van der Waals surface area contributed by atoms with Crippen molar-refractivity contribution >= 4 is 5.96 Å². The minimum Gasteiger partial charge on any atom is -0.382 e. The van der Waals surface area contributed by atoms with Gasteiger partial charge in [0.2, 0.25) is 0 Å². The molecule has 1 atom stereocenters. The fourth-order valence-electron chi connectivity index (χ4n) is 4.39. The van der Waals surface area contributed by atoms with E-state index in [4.69, 9.17) is 9.73 Å². The summed E-state index contributed by atoms with van der Waals surface area (Å²) in [6, 6.07) is 0.659. The van der Waals surface area contributed by atoms with Crippen LogP contribution in [0.4, 0.5) is 0 Å². The molecule has 0 bridgehead atoms. The second-order valence-corrected chi connectivity index (χ2v) is 7.65. The topological polar surface area (TPSA) is 48.9 Å². The zero-order chi connectivity index (χ0) is 18.0. The highest BCUT2D eigenvalue weighted by Gasteiger charge is 2.33. The molecule has 146 valence electrons. The molecule has 0 aromatic rings. The Bertz CT molecular complexity index is 393. The third-order valence-electron chi connectivity index (χ3n) is 5.97. The number of likely N-dealkylation sites (N-methyl/N-ethyl adjacent to an activating group) is 1. The van der Waals surface area contributed by atoms with Crippen LogP contribution in [0.15, 0.2) is 4.99 Å². The number of ether oxygens (including phenoxy) is 1. The van der Waals surface area contributed by atoms with Gasteiger partial charge in [0.15, 0.2) is 5.96 Å². The van der Waals surface area contributed by atoms with Crippen LogP contribution in [-0.4, -0.2) is 62.8 Å². The number of guanidine groups is 1. The van der Waals surface area contributed by atoms with Crippen LogP contribution in [0, 0.1) is 5.41 Å². The Morgan fingerprint density at radius 3 is 2.64 bits per heavy atom. The standard InChI is InChI=1S/C20H40N4O/c1-4-21-19(22-16-18-10-9-14-24(18)5-2)23-17-20(11-7-8-12-20)13-15-25-6-3/h18H,4-17H2,1-3H3,(H2,21,22,23). The molecule has 25 heavy (non-hydrogen) atoms. The molecule has 0 radical (unpaired) electrons. The highest BCUT2D eigenvalue weighted by atomic mass is 16.5. The number of nitrogens with one attached hydrogen (secondary N) is 2. The van der Waals surface area contributed by atoms with Gasteiger partial charge in [0.25, 0.3) is 0 Å². The van der Waals surface area contributed by atoms with E-state index in [1.165, 1.54) is 45.1 Å². The molecule has 5 heteroatoms. The van der Waals surface area contributed by atoms with Crippen LogP contribution in [-0.2, 0) is 4.74 Å². The van der Waals surface area contributed by atoms with Crippen LogP contribution >= 0.6 is 0 Å². The smallest absolute Gasteiger partial charge is 0.191 e. The Labute approximate surface area is 155 Å². The van der Waals surface area contributed by atoms with Crippen LogP contribution in [0.1, 0.15) is 65.7 Å². The van der Waals surface area contributed by atoms with Gasteiger partial charge in [-0.1, -0.05) is 19.8 Å².